The van der Waals surface area contributed by atoms with Crippen molar-refractivity contribution in [2.24, 2.45) is 5.92 Å². The van der Waals surface area contributed by atoms with Crippen LogP contribution in [0.5, 0.6) is 0 Å². The third-order valence-corrected chi connectivity index (χ3v) is 4.39. The second kappa shape index (κ2) is 5.99. The van der Waals surface area contributed by atoms with Crippen LogP contribution in [0.3, 0.4) is 0 Å². The third-order valence-electron chi connectivity index (χ3n) is 4.39. The van der Waals surface area contributed by atoms with Crippen molar-refractivity contribution in [3.05, 3.63) is 0 Å². The Hall–Kier alpha value is -0.370. The summed E-state index contributed by atoms with van der Waals surface area (Å²) in [6.07, 6.45) is 9.54. The summed E-state index contributed by atoms with van der Waals surface area (Å²) in [7, 11) is 0. The zero-order valence-corrected chi connectivity index (χ0v) is 11.5. The number of carbonyl (C=O) groups excluding carboxylic acids is 1. The maximum Gasteiger partial charge on any atom is 0.136 e. The highest BCUT2D eigenvalue weighted by molar-refractivity contribution is 5.80. The quantitative estimate of drug-likeness (QED) is 0.683. The predicted octanol–water partition coefficient (Wildman–Crippen LogP) is 3.40. The van der Waals surface area contributed by atoms with Crippen molar-refractivity contribution in [2.45, 2.75) is 77.3 Å². The highest BCUT2D eigenvalue weighted by Crippen LogP contribution is 2.32. The molecule has 2 fully saturated rings. The van der Waals surface area contributed by atoms with Crippen LogP contribution in [0.15, 0.2) is 0 Å². The smallest absolute Gasteiger partial charge is 0.136 e. The number of nitrogens with zero attached hydrogens (tertiary/aromatic N) is 1. The second-order valence-electron chi connectivity index (χ2n) is 6.31. The van der Waals surface area contributed by atoms with E-state index in [0.717, 1.165) is 18.8 Å². The first-order valence-electron chi connectivity index (χ1n) is 7.44. The first-order valence-corrected chi connectivity index (χ1v) is 7.44. The highest BCUT2D eigenvalue weighted by atomic mass is 16.1. The van der Waals surface area contributed by atoms with Gasteiger partial charge in [-0.15, -0.1) is 0 Å². The lowest BCUT2D eigenvalue weighted by Crippen LogP contribution is -2.52. The monoisotopic (exact) mass is 237 g/mol. The van der Waals surface area contributed by atoms with Crippen molar-refractivity contribution in [1.29, 1.82) is 0 Å². The number of unbranched alkanes of at least 4 members (excludes halogenated alkanes) is 1. The van der Waals surface area contributed by atoms with Crippen LogP contribution in [0.2, 0.25) is 0 Å². The molecule has 2 unspecified atom stereocenters. The Labute approximate surface area is 106 Å². The van der Waals surface area contributed by atoms with Crippen molar-refractivity contribution in [3.8, 4) is 0 Å². The molecule has 0 aromatic carbocycles. The SMILES string of the molecule is CC(C)CCCCN1C2CCCC1CC(=O)C2. The fourth-order valence-corrected chi connectivity index (χ4v) is 3.48. The van der Waals surface area contributed by atoms with E-state index in [1.165, 1.54) is 45.1 Å². The van der Waals surface area contributed by atoms with Gasteiger partial charge in [0.25, 0.3) is 0 Å². The summed E-state index contributed by atoms with van der Waals surface area (Å²) in [5.41, 5.74) is 0. The number of ketones is 1. The van der Waals surface area contributed by atoms with E-state index in [2.05, 4.69) is 18.7 Å². The first-order chi connectivity index (χ1) is 8.16. The minimum atomic E-state index is 0.512. The van der Waals surface area contributed by atoms with E-state index in [4.69, 9.17) is 0 Å². The van der Waals surface area contributed by atoms with Crippen LogP contribution in [-0.2, 0) is 4.79 Å². The Morgan fingerprint density at radius 3 is 2.41 bits per heavy atom. The van der Waals surface area contributed by atoms with Gasteiger partial charge in [-0.3, -0.25) is 9.69 Å². The molecule has 0 aromatic rings. The number of Topliss-reactive ketones (excluding diaryl/α,β-unsaturated/α-hetero) is 1. The summed E-state index contributed by atoms with van der Waals surface area (Å²) >= 11 is 0. The van der Waals surface area contributed by atoms with Gasteiger partial charge in [0.1, 0.15) is 5.78 Å². The van der Waals surface area contributed by atoms with Crippen molar-refractivity contribution >= 4 is 5.78 Å². The molecule has 2 atom stereocenters. The predicted molar refractivity (Wildman–Crippen MR) is 71.1 cm³/mol. The van der Waals surface area contributed by atoms with Gasteiger partial charge in [0.05, 0.1) is 0 Å². The summed E-state index contributed by atoms with van der Waals surface area (Å²) in [4.78, 5) is 14.3. The fourth-order valence-electron chi connectivity index (χ4n) is 3.48. The van der Waals surface area contributed by atoms with Gasteiger partial charge in [-0.1, -0.05) is 33.1 Å². The van der Waals surface area contributed by atoms with E-state index in [-0.39, 0.29) is 0 Å². The van der Waals surface area contributed by atoms with Crippen LogP contribution < -0.4 is 0 Å². The van der Waals surface area contributed by atoms with Crippen LogP contribution >= 0.6 is 0 Å². The lowest BCUT2D eigenvalue weighted by atomic mass is 9.83. The molecule has 0 aliphatic carbocycles. The standard InChI is InChI=1S/C15H27NO/c1-12(2)6-3-4-9-16-13-7-5-8-14(16)11-15(17)10-13/h12-14H,3-11H2,1-2H3. The number of rotatable bonds is 5. The van der Waals surface area contributed by atoms with Gasteiger partial charge in [0, 0.05) is 24.9 Å². The number of hydrogen-bond donors (Lipinski definition) is 0. The average molecular weight is 237 g/mol. The Kier molecular flexibility index (Phi) is 4.61. The summed E-state index contributed by atoms with van der Waals surface area (Å²) in [5, 5.41) is 0. The second-order valence-corrected chi connectivity index (χ2v) is 6.31. The Morgan fingerprint density at radius 1 is 1.18 bits per heavy atom. The van der Waals surface area contributed by atoms with Gasteiger partial charge in [0.15, 0.2) is 0 Å². The van der Waals surface area contributed by atoms with Gasteiger partial charge >= 0.3 is 0 Å². The van der Waals surface area contributed by atoms with Crippen LogP contribution in [-0.4, -0.2) is 29.3 Å². The van der Waals surface area contributed by atoms with Gasteiger partial charge in [0.2, 0.25) is 0 Å². The highest BCUT2D eigenvalue weighted by Gasteiger charge is 2.36. The maximum absolute atomic E-state index is 11.6. The molecule has 0 aromatic heterocycles. The number of fused-ring (bicyclic) bond motifs is 2. The molecule has 2 heterocycles. The summed E-state index contributed by atoms with van der Waals surface area (Å²) < 4.78 is 0. The molecule has 0 amide bonds. The van der Waals surface area contributed by atoms with E-state index in [1.807, 2.05) is 0 Å². The molecule has 0 N–H and O–H groups in total. The number of piperidine rings is 2. The Balaban J connectivity index is 1.77. The van der Waals surface area contributed by atoms with Gasteiger partial charge in [-0.25, -0.2) is 0 Å². The fraction of sp³-hybridized carbons (Fsp3) is 0.933. The molecule has 0 radical (unpaired) electrons. The molecule has 0 saturated carbocycles. The zero-order chi connectivity index (χ0) is 12.3. The van der Waals surface area contributed by atoms with Gasteiger partial charge < -0.3 is 0 Å². The van der Waals surface area contributed by atoms with Crippen molar-refractivity contribution in [3.63, 3.8) is 0 Å². The van der Waals surface area contributed by atoms with Crippen LogP contribution in [0.1, 0.15) is 65.2 Å². The van der Waals surface area contributed by atoms with E-state index >= 15 is 0 Å². The minimum Gasteiger partial charge on any atom is -0.300 e. The third kappa shape index (κ3) is 3.54. The molecule has 2 heteroatoms. The molecule has 2 rings (SSSR count). The maximum atomic E-state index is 11.6. The average Bonchev–Trinajstić information content (AvgIpc) is 2.24. The minimum absolute atomic E-state index is 0.512. The molecular weight excluding hydrogens is 210 g/mol. The van der Waals surface area contributed by atoms with E-state index in [0.29, 0.717) is 17.9 Å². The molecule has 0 spiro atoms. The Morgan fingerprint density at radius 2 is 1.82 bits per heavy atom. The first kappa shape index (κ1) is 13.1. The largest absolute Gasteiger partial charge is 0.300 e. The van der Waals surface area contributed by atoms with E-state index in [1.54, 1.807) is 0 Å². The molecule has 2 aliphatic rings. The lowest BCUT2D eigenvalue weighted by molar-refractivity contribution is -0.127. The number of carbonyl (C=O) groups is 1. The normalized spacial score (nSPS) is 29.9. The molecule has 2 nitrogen and oxygen atoms in total. The van der Waals surface area contributed by atoms with Crippen molar-refractivity contribution < 1.29 is 4.79 Å². The molecule has 98 valence electrons. The van der Waals surface area contributed by atoms with Crippen molar-refractivity contribution in [1.82, 2.24) is 4.90 Å². The van der Waals surface area contributed by atoms with Gasteiger partial charge in [-0.05, 0) is 31.7 Å². The lowest BCUT2D eigenvalue weighted by Gasteiger charge is -2.45. The molecule has 2 bridgehead atoms. The molecule has 2 aliphatic heterocycles. The molecular formula is C15H27NO. The van der Waals surface area contributed by atoms with Crippen molar-refractivity contribution in [2.75, 3.05) is 6.54 Å². The summed E-state index contributed by atoms with van der Waals surface area (Å²) in [6, 6.07) is 1.18. The van der Waals surface area contributed by atoms with E-state index < -0.39 is 0 Å². The number of hydrogen-bond acceptors (Lipinski definition) is 2. The molecule has 17 heavy (non-hydrogen) atoms. The van der Waals surface area contributed by atoms with Crippen LogP contribution in [0.25, 0.3) is 0 Å². The molecule has 2 saturated heterocycles. The summed E-state index contributed by atoms with van der Waals surface area (Å²) in [6.45, 7) is 5.83. The van der Waals surface area contributed by atoms with Gasteiger partial charge in [-0.2, -0.15) is 0 Å². The zero-order valence-electron chi connectivity index (χ0n) is 11.5. The summed E-state index contributed by atoms with van der Waals surface area (Å²) in [5.74, 6) is 1.34. The topological polar surface area (TPSA) is 20.3 Å². The Bertz CT molecular complexity index is 246. The van der Waals surface area contributed by atoms with Crippen LogP contribution in [0, 0.1) is 5.92 Å². The van der Waals surface area contributed by atoms with Crippen LogP contribution in [0.4, 0.5) is 0 Å². The van der Waals surface area contributed by atoms with E-state index in [9.17, 15) is 4.79 Å².